The van der Waals surface area contributed by atoms with Crippen molar-refractivity contribution in [2.75, 3.05) is 18.5 Å². The van der Waals surface area contributed by atoms with Crippen LogP contribution >= 0.6 is 0 Å². The molecule has 2 N–H and O–H groups in total. The van der Waals surface area contributed by atoms with Crippen molar-refractivity contribution in [2.24, 2.45) is 5.92 Å². The van der Waals surface area contributed by atoms with Crippen LogP contribution in [-0.4, -0.2) is 41.9 Å². The maximum absolute atomic E-state index is 12.2. The van der Waals surface area contributed by atoms with Gasteiger partial charge in [-0.1, -0.05) is 37.3 Å². The summed E-state index contributed by atoms with van der Waals surface area (Å²) in [5.41, 5.74) is 4.65. The highest BCUT2D eigenvalue weighted by Crippen LogP contribution is 2.18. The van der Waals surface area contributed by atoms with Gasteiger partial charge in [-0.25, -0.2) is 0 Å². The molecule has 1 aliphatic heterocycles. The van der Waals surface area contributed by atoms with Gasteiger partial charge in [-0.15, -0.1) is 0 Å². The minimum atomic E-state index is -0.745. The van der Waals surface area contributed by atoms with Gasteiger partial charge in [0, 0.05) is 17.7 Å². The topological polar surface area (TPSA) is 105 Å². The van der Waals surface area contributed by atoms with Crippen LogP contribution in [0.1, 0.15) is 29.3 Å². The first-order valence-electron chi connectivity index (χ1n) is 9.68. The summed E-state index contributed by atoms with van der Waals surface area (Å²) >= 11 is 0. The Labute approximate surface area is 174 Å². The number of hydrazine groups is 1. The molecule has 3 amide bonds. The molecule has 0 bridgehead atoms. The van der Waals surface area contributed by atoms with E-state index in [1.54, 1.807) is 42.5 Å². The van der Waals surface area contributed by atoms with Crippen molar-refractivity contribution in [3.8, 4) is 0 Å². The second-order valence-electron chi connectivity index (χ2n) is 6.92. The molecule has 1 atom stereocenters. The van der Waals surface area contributed by atoms with Gasteiger partial charge in [-0.2, -0.15) is 0 Å². The number of carbonyl (C=O) groups excluding carboxylic acids is 4. The molecule has 2 aromatic rings. The maximum Gasteiger partial charge on any atom is 0.311 e. The van der Waals surface area contributed by atoms with Crippen molar-refractivity contribution in [3.05, 3.63) is 65.7 Å². The number of hydrogen-bond donors (Lipinski definition) is 2. The van der Waals surface area contributed by atoms with E-state index in [1.165, 1.54) is 0 Å². The van der Waals surface area contributed by atoms with Crippen molar-refractivity contribution in [3.63, 3.8) is 0 Å². The van der Waals surface area contributed by atoms with Crippen LogP contribution in [0, 0.1) is 5.92 Å². The van der Waals surface area contributed by atoms with Crippen LogP contribution in [0.4, 0.5) is 5.69 Å². The Morgan fingerprint density at radius 3 is 2.43 bits per heavy atom. The zero-order valence-electron chi connectivity index (χ0n) is 16.6. The fraction of sp³-hybridized carbons (Fsp3) is 0.273. The van der Waals surface area contributed by atoms with Gasteiger partial charge in [0.1, 0.15) is 0 Å². The van der Waals surface area contributed by atoms with E-state index in [4.69, 9.17) is 4.74 Å². The van der Waals surface area contributed by atoms with E-state index in [0.29, 0.717) is 11.3 Å². The fourth-order valence-corrected chi connectivity index (χ4v) is 3.03. The summed E-state index contributed by atoms with van der Waals surface area (Å²) in [5, 5.41) is 3.76. The van der Waals surface area contributed by atoms with Gasteiger partial charge in [-0.05, 0) is 36.2 Å². The van der Waals surface area contributed by atoms with E-state index in [1.807, 2.05) is 19.1 Å². The van der Waals surface area contributed by atoms with E-state index in [0.717, 1.165) is 17.0 Å². The number of rotatable bonds is 7. The van der Waals surface area contributed by atoms with Crippen LogP contribution in [0.25, 0.3) is 0 Å². The van der Waals surface area contributed by atoms with Gasteiger partial charge in [0.2, 0.25) is 5.91 Å². The highest BCUT2D eigenvalue weighted by molar-refractivity contribution is 5.97. The average molecular weight is 409 g/mol. The smallest absolute Gasteiger partial charge is 0.311 e. The third-order valence-corrected chi connectivity index (χ3v) is 4.72. The zero-order valence-corrected chi connectivity index (χ0v) is 16.6. The van der Waals surface area contributed by atoms with Crippen LogP contribution in [0.3, 0.4) is 0 Å². The predicted molar refractivity (Wildman–Crippen MR) is 109 cm³/mol. The lowest BCUT2D eigenvalue weighted by Crippen LogP contribution is -2.43. The van der Waals surface area contributed by atoms with Gasteiger partial charge < -0.3 is 10.1 Å². The van der Waals surface area contributed by atoms with E-state index in [2.05, 4.69) is 10.7 Å². The monoisotopic (exact) mass is 409 g/mol. The largest absolute Gasteiger partial charge is 0.455 e. The minimum absolute atomic E-state index is 0.00363. The molecule has 1 aliphatic rings. The second kappa shape index (κ2) is 9.69. The Kier molecular flexibility index (Phi) is 6.79. The molecule has 0 unspecified atom stereocenters. The Bertz CT molecular complexity index is 928. The number of carbonyl (C=O) groups is 4. The fourth-order valence-electron chi connectivity index (χ4n) is 3.03. The van der Waals surface area contributed by atoms with E-state index in [9.17, 15) is 19.2 Å². The number of nitrogens with zero attached hydrogens (tertiary/aromatic N) is 1. The summed E-state index contributed by atoms with van der Waals surface area (Å²) in [7, 11) is 0. The molecule has 0 aliphatic carbocycles. The molecule has 8 heteroatoms. The quantitative estimate of drug-likeness (QED) is 0.680. The van der Waals surface area contributed by atoms with E-state index < -0.39 is 30.3 Å². The number of nitrogens with one attached hydrogen (secondary N) is 2. The molecular weight excluding hydrogens is 386 g/mol. The highest BCUT2D eigenvalue weighted by atomic mass is 16.5. The van der Waals surface area contributed by atoms with Crippen molar-refractivity contribution in [1.29, 1.82) is 0 Å². The summed E-state index contributed by atoms with van der Waals surface area (Å²) in [5.74, 6) is -2.69. The summed E-state index contributed by atoms with van der Waals surface area (Å²) in [6, 6.07) is 15.8. The third kappa shape index (κ3) is 5.44. The predicted octanol–water partition coefficient (Wildman–Crippen LogP) is 1.92. The number of esters is 1. The number of hydrogen-bond acceptors (Lipinski definition) is 5. The maximum atomic E-state index is 12.2. The lowest BCUT2D eigenvalue weighted by Gasteiger charge is -2.17. The van der Waals surface area contributed by atoms with Crippen LogP contribution in [0.5, 0.6) is 0 Å². The molecule has 0 saturated carbocycles. The van der Waals surface area contributed by atoms with Crippen LogP contribution < -0.4 is 10.7 Å². The van der Waals surface area contributed by atoms with Crippen LogP contribution in [0.15, 0.2) is 54.6 Å². The number of benzene rings is 2. The molecule has 0 aromatic heterocycles. The number of amides is 3. The Morgan fingerprint density at radius 1 is 1.07 bits per heavy atom. The lowest BCUT2D eigenvalue weighted by molar-refractivity contribution is -0.151. The minimum Gasteiger partial charge on any atom is -0.455 e. The number of ether oxygens (including phenoxy) is 1. The van der Waals surface area contributed by atoms with Gasteiger partial charge in [0.25, 0.3) is 11.8 Å². The first kappa shape index (κ1) is 21.0. The van der Waals surface area contributed by atoms with Crippen molar-refractivity contribution < 1.29 is 23.9 Å². The first-order chi connectivity index (χ1) is 14.5. The average Bonchev–Trinajstić information content (AvgIpc) is 3.13. The van der Waals surface area contributed by atoms with Gasteiger partial charge in [0.15, 0.2) is 6.61 Å². The van der Waals surface area contributed by atoms with Gasteiger partial charge in [-0.3, -0.25) is 29.6 Å². The second-order valence-corrected chi connectivity index (χ2v) is 6.92. The number of aryl methyl sites for hydroxylation is 1. The normalized spacial score (nSPS) is 15.6. The summed E-state index contributed by atoms with van der Waals surface area (Å²) in [4.78, 5) is 48.5. The lowest BCUT2D eigenvalue weighted by atomic mass is 10.1. The van der Waals surface area contributed by atoms with Gasteiger partial charge >= 0.3 is 5.97 Å². The summed E-state index contributed by atoms with van der Waals surface area (Å²) < 4.78 is 5.05. The van der Waals surface area contributed by atoms with E-state index in [-0.39, 0.29) is 18.9 Å². The molecule has 1 fully saturated rings. The van der Waals surface area contributed by atoms with Crippen LogP contribution in [-0.2, 0) is 25.5 Å². The van der Waals surface area contributed by atoms with E-state index >= 15 is 0 Å². The zero-order chi connectivity index (χ0) is 21.5. The molecule has 2 aromatic carbocycles. The standard InChI is InChI=1S/C22H23N3O5/c1-2-15-8-10-18(11-9-15)23-19(26)14-30-22(29)17-12-20(27)25(13-17)24-21(28)16-6-4-3-5-7-16/h3-11,17H,2,12-14H2,1H3,(H,23,26)(H,24,28)/t17-/m1/s1. The van der Waals surface area contributed by atoms with Crippen molar-refractivity contribution >= 4 is 29.4 Å². The summed E-state index contributed by atoms with van der Waals surface area (Å²) in [6.07, 6.45) is 0.808. The molecule has 156 valence electrons. The molecule has 1 saturated heterocycles. The van der Waals surface area contributed by atoms with Gasteiger partial charge in [0.05, 0.1) is 12.5 Å². The molecule has 0 spiro atoms. The summed E-state index contributed by atoms with van der Waals surface area (Å²) in [6.45, 7) is 1.58. The number of anilines is 1. The van der Waals surface area contributed by atoms with Crippen LogP contribution in [0.2, 0.25) is 0 Å². The molecule has 1 heterocycles. The van der Waals surface area contributed by atoms with Crippen molar-refractivity contribution in [2.45, 2.75) is 19.8 Å². The third-order valence-electron chi connectivity index (χ3n) is 4.72. The Balaban J connectivity index is 1.45. The molecule has 30 heavy (non-hydrogen) atoms. The highest BCUT2D eigenvalue weighted by Gasteiger charge is 2.36. The first-order valence-corrected chi connectivity index (χ1v) is 9.68. The Morgan fingerprint density at radius 2 is 1.77 bits per heavy atom. The SMILES string of the molecule is CCc1ccc(NC(=O)COC(=O)[C@@H]2CC(=O)N(NC(=O)c3ccccc3)C2)cc1. The Hall–Kier alpha value is -3.68. The van der Waals surface area contributed by atoms with Crippen molar-refractivity contribution in [1.82, 2.24) is 10.4 Å². The molecule has 3 rings (SSSR count). The molecule has 0 radical (unpaired) electrons. The molecule has 8 nitrogen and oxygen atoms in total. The molecular formula is C22H23N3O5.